The van der Waals surface area contributed by atoms with Gasteiger partial charge in [0.1, 0.15) is 5.82 Å². The fourth-order valence-corrected chi connectivity index (χ4v) is 1.80. The van der Waals surface area contributed by atoms with Crippen molar-refractivity contribution in [3.8, 4) is 6.07 Å². The Labute approximate surface area is 104 Å². The summed E-state index contributed by atoms with van der Waals surface area (Å²) in [4.78, 5) is 10.7. The molecule has 0 aromatic heterocycles. The van der Waals surface area contributed by atoms with Gasteiger partial charge in [-0.3, -0.25) is 4.79 Å². The molecule has 0 heterocycles. The fraction of sp³-hybridized carbons (Fsp3) is 0.231. The van der Waals surface area contributed by atoms with E-state index in [2.05, 4.69) is 0 Å². The van der Waals surface area contributed by atoms with Gasteiger partial charge in [-0.2, -0.15) is 5.26 Å². The third-order valence-electron chi connectivity index (χ3n) is 1.95. The molecule has 0 radical (unpaired) electrons. The third kappa shape index (κ3) is 5.32. The lowest BCUT2D eigenvalue weighted by Gasteiger charge is -1.96. The largest absolute Gasteiger partial charge is 0.288 e. The zero-order chi connectivity index (χ0) is 12.7. The van der Waals surface area contributed by atoms with E-state index in [1.165, 1.54) is 30.8 Å². The molecule has 1 aromatic carbocycles. The van der Waals surface area contributed by atoms with E-state index in [9.17, 15) is 9.18 Å². The number of thioether (sulfide) groups is 1. The van der Waals surface area contributed by atoms with Crippen LogP contribution in [0.3, 0.4) is 0 Å². The van der Waals surface area contributed by atoms with Crippen LogP contribution in [0.1, 0.15) is 24.5 Å². The minimum absolute atomic E-state index is 0.0934. The Kier molecular flexibility index (Phi) is 5.44. The lowest BCUT2D eigenvalue weighted by molar-refractivity contribution is -0.109. The predicted octanol–water partition coefficient (Wildman–Crippen LogP) is 3.38. The van der Waals surface area contributed by atoms with E-state index in [1.807, 2.05) is 12.1 Å². The van der Waals surface area contributed by atoms with Crippen molar-refractivity contribution in [1.82, 2.24) is 0 Å². The number of allylic oxidation sites excluding steroid dienone is 1. The minimum Gasteiger partial charge on any atom is -0.288 e. The molecule has 88 valence electrons. The molecule has 1 aromatic rings. The highest BCUT2D eigenvalue weighted by Gasteiger charge is 1.97. The first-order chi connectivity index (χ1) is 8.11. The Balaban J connectivity index is 2.56. The zero-order valence-corrected chi connectivity index (χ0v) is 10.3. The number of nitrogens with zero attached hydrogens (tertiary/aromatic N) is 1. The van der Waals surface area contributed by atoms with Crippen LogP contribution in [0.2, 0.25) is 0 Å². The Hall–Kier alpha value is -1.60. The number of halogens is 1. The quantitative estimate of drug-likeness (QED) is 0.768. The Morgan fingerprint density at radius 1 is 1.53 bits per heavy atom. The Morgan fingerprint density at radius 3 is 2.94 bits per heavy atom. The molecular formula is C13H12FNOS. The van der Waals surface area contributed by atoms with Gasteiger partial charge in [0, 0.05) is 12.7 Å². The number of carbonyl (C=O) groups excluding carboxylic acids is 1. The van der Waals surface area contributed by atoms with Crippen molar-refractivity contribution in [3.63, 3.8) is 0 Å². The molecule has 0 aliphatic heterocycles. The summed E-state index contributed by atoms with van der Waals surface area (Å²) in [5.74, 6) is 0.300. The minimum atomic E-state index is -0.415. The number of hydrogen-bond acceptors (Lipinski definition) is 3. The van der Waals surface area contributed by atoms with E-state index in [0.29, 0.717) is 16.9 Å². The molecule has 0 spiro atoms. The van der Waals surface area contributed by atoms with Gasteiger partial charge in [-0.15, -0.1) is 0 Å². The highest BCUT2D eigenvalue weighted by molar-refractivity contribution is 8.13. The smallest absolute Gasteiger partial charge is 0.185 e. The van der Waals surface area contributed by atoms with Crippen LogP contribution in [0, 0.1) is 17.1 Å². The van der Waals surface area contributed by atoms with Gasteiger partial charge in [-0.1, -0.05) is 23.9 Å². The SMILES string of the molecule is CC(=O)SCCC=Cc1cc(F)cc(C#N)c1. The molecular weight excluding hydrogens is 237 g/mol. The van der Waals surface area contributed by atoms with Crippen LogP contribution in [-0.4, -0.2) is 10.9 Å². The molecule has 1 rings (SSSR count). The van der Waals surface area contributed by atoms with Gasteiger partial charge in [-0.05, 0) is 30.2 Å². The van der Waals surface area contributed by atoms with Crippen molar-refractivity contribution >= 4 is 23.0 Å². The van der Waals surface area contributed by atoms with Crippen LogP contribution in [0.5, 0.6) is 0 Å². The molecule has 0 amide bonds. The first kappa shape index (κ1) is 13.5. The molecule has 0 bridgehead atoms. The van der Waals surface area contributed by atoms with E-state index in [-0.39, 0.29) is 5.12 Å². The Bertz CT molecular complexity index is 477. The summed E-state index contributed by atoms with van der Waals surface area (Å²) in [6, 6.07) is 6.09. The summed E-state index contributed by atoms with van der Waals surface area (Å²) in [5, 5.41) is 8.77. The zero-order valence-electron chi connectivity index (χ0n) is 9.44. The number of hydrogen-bond donors (Lipinski definition) is 0. The number of rotatable bonds is 4. The second-order valence-electron chi connectivity index (χ2n) is 3.42. The monoisotopic (exact) mass is 249 g/mol. The van der Waals surface area contributed by atoms with Gasteiger partial charge < -0.3 is 0 Å². The fourth-order valence-electron chi connectivity index (χ4n) is 1.26. The highest BCUT2D eigenvalue weighted by Crippen LogP contribution is 2.11. The average molecular weight is 249 g/mol. The third-order valence-corrected chi connectivity index (χ3v) is 2.80. The van der Waals surface area contributed by atoms with Gasteiger partial charge in [-0.25, -0.2) is 4.39 Å². The lowest BCUT2D eigenvalue weighted by Crippen LogP contribution is -1.84. The van der Waals surface area contributed by atoms with Crippen LogP contribution in [0.4, 0.5) is 4.39 Å². The number of benzene rings is 1. The van der Waals surface area contributed by atoms with Crippen molar-refractivity contribution in [2.45, 2.75) is 13.3 Å². The van der Waals surface area contributed by atoms with Crippen molar-refractivity contribution in [3.05, 3.63) is 41.2 Å². The molecule has 0 aliphatic rings. The first-order valence-electron chi connectivity index (χ1n) is 5.12. The molecule has 0 N–H and O–H groups in total. The maximum atomic E-state index is 13.1. The summed E-state index contributed by atoms with van der Waals surface area (Å²) in [6.45, 7) is 1.53. The van der Waals surface area contributed by atoms with E-state index in [1.54, 1.807) is 12.1 Å². The van der Waals surface area contributed by atoms with Crippen molar-refractivity contribution < 1.29 is 9.18 Å². The molecule has 0 saturated carbocycles. The topological polar surface area (TPSA) is 40.9 Å². The summed E-state index contributed by atoms with van der Waals surface area (Å²) in [7, 11) is 0. The van der Waals surface area contributed by atoms with Gasteiger partial charge in [0.25, 0.3) is 0 Å². The molecule has 17 heavy (non-hydrogen) atoms. The number of carbonyl (C=O) groups is 1. The molecule has 0 atom stereocenters. The van der Waals surface area contributed by atoms with E-state index in [4.69, 9.17) is 5.26 Å². The van der Waals surface area contributed by atoms with Gasteiger partial charge in [0.05, 0.1) is 11.6 Å². The molecule has 0 unspecified atom stereocenters. The first-order valence-corrected chi connectivity index (χ1v) is 6.11. The maximum Gasteiger partial charge on any atom is 0.185 e. The molecule has 0 aliphatic carbocycles. The second kappa shape index (κ2) is 6.87. The molecule has 0 saturated heterocycles. The van der Waals surface area contributed by atoms with Crippen LogP contribution >= 0.6 is 11.8 Å². The molecule has 4 heteroatoms. The van der Waals surface area contributed by atoms with E-state index >= 15 is 0 Å². The highest BCUT2D eigenvalue weighted by atomic mass is 32.2. The summed E-state index contributed by atoms with van der Waals surface area (Å²) in [5.41, 5.74) is 0.970. The summed E-state index contributed by atoms with van der Waals surface area (Å²) in [6.07, 6.45) is 4.36. The van der Waals surface area contributed by atoms with Crippen molar-refractivity contribution in [2.75, 3.05) is 5.75 Å². The standard InChI is InChI=1S/C13H12FNOS/c1-10(16)17-5-3-2-4-11-6-12(9-15)8-13(14)7-11/h2,4,6-8H,3,5H2,1H3. The molecule has 2 nitrogen and oxygen atoms in total. The molecule has 0 fully saturated rings. The van der Waals surface area contributed by atoms with E-state index < -0.39 is 5.82 Å². The van der Waals surface area contributed by atoms with Crippen molar-refractivity contribution in [1.29, 1.82) is 5.26 Å². The van der Waals surface area contributed by atoms with Gasteiger partial charge in [0.15, 0.2) is 5.12 Å². The van der Waals surface area contributed by atoms with Gasteiger partial charge in [0.2, 0.25) is 0 Å². The maximum absolute atomic E-state index is 13.1. The van der Waals surface area contributed by atoms with Crippen LogP contribution in [-0.2, 0) is 4.79 Å². The number of nitriles is 1. The van der Waals surface area contributed by atoms with Crippen molar-refractivity contribution in [2.24, 2.45) is 0 Å². The second-order valence-corrected chi connectivity index (χ2v) is 4.69. The van der Waals surface area contributed by atoms with Crippen LogP contribution < -0.4 is 0 Å². The summed E-state index contributed by atoms with van der Waals surface area (Å²) >= 11 is 1.26. The van der Waals surface area contributed by atoms with Crippen LogP contribution in [0.15, 0.2) is 24.3 Å². The van der Waals surface area contributed by atoms with E-state index in [0.717, 1.165) is 6.42 Å². The van der Waals surface area contributed by atoms with Crippen LogP contribution in [0.25, 0.3) is 6.08 Å². The lowest BCUT2D eigenvalue weighted by atomic mass is 10.1. The normalized spacial score (nSPS) is 10.4. The summed E-state index contributed by atoms with van der Waals surface area (Å²) < 4.78 is 13.1. The average Bonchev–Trinajstić information content (AvgIpc) is 2.27. The predicted molar refractivity (Wildman–Crippen MR) is 67.9 cm³/mol. The van der Waals surface area contributed by atoms with Gasteiger partial charge >= 0.3 is 0 Å². The Morgan fingerprint density at radius 2 is 2.29 bits per heavy atom.